The minimum atomic E-state index is -3.38. The highest BCUT2D eigenvalue weighted by atomic mass is 32.2. The maximum Gasteiger partial charge on any atom is 0.559 e. The number of rotatable bonds is 2. The van der Waals surface area contributed by atoms with Crippen molar-refractivity contribution in [3.63, 3.8) is 0 Å². The summed E-state index contributed by atoms with van der Waals surface area (Å²) in [4.78, 5) is 7.34. The van der Waals surface area contributed by atoms with E-state index in [4.69, 9.17) is 4.52 Å². The van der Waals surface area contributed by atoms with Gasteiger partial charge in [-0.15, -0.1) is 0 Å². The van der Waals surface area contributed by atoms with E-state index in [9.17, 15) is 4.57 Å². The zero-order valence-electron chi connectivity index (χ0n) is 5.61. The molecule has 0 amide bonds. The molecule has 64 valence electrons. The van der Waals surface area contributed by atoms with E-state index in [1.54, 1.807) is 6.07 Å². The van der Waals surface area contributed by atoms with Gasteiger partial charge in [-0.25, -0.2) is 14.5 Å². The molecule has 6 nitrogen and oxygen atoms in total. The first-order valence-electron chi connectivity index (χ1n) is 2.90. The fourth-order valence-electron chi connectivity index (χ4n) is 0.543. The Morgan fingerprint density at radius 1 is 1.42 bits per heavy atom. The molecule has 0 radical (unpaired) electrons. The van der Waals surface area contributed by atoms with E-state index in [0.717, 1.165) is 0 Å². The molecule has 0 spiro atoms. The first-order valence-corrected chi connectivity index (χ1v) is 5.03. The number of hydrogen-bond acceptors (Lipinski definition) is 7. The van der Waals surface area contributed by atoms with Gasteiger partial charge in [0.1, 0.15) is 0 Å². The van der Waals surface area contributed by atoms with Crippen LogP contribution in [0.4, 0.5) is 0 Å². The molecule has 0 aliphatic carbocycles. The molecule has 8 heteroatoms. The second-order valence-corrected chi connectivity index (χ2v) is 4.19. The standard InChI is InChI=1S/C4H3N2O4PS/c7-11(9-12-10-11)8-4-5-2-1-3-6-4/h1-3H. The quantitative estimate of drug-likeness (QED) is 0.537. The summed E-state index contributed by atoms with van der Waals surface area (Å²) in [5, 5.41) is 0. The van der Waals surface area contributed by atoms with Crippen LogP contribution in [0.2, 0.25) is 0 Å². The molecular formula is C4H3N2O4PS. The van der Waals surface area contributed by atoms with Crippen molar-refractivity contribution < 1.29 is 17.0 Å². The van der Waals surface area contributed by atoms with Crippen molar-refractivity contribution >= 4 is 20.1 Å². The van der Waals surface area contributed by atoms with Crippen LogP contribution in [-0.2, 0) is 12.5 Å². The maximum atomic E-state index is 11.1. The van der Waals surface area contributed by atoms with Crippen molar-refractivity contribution in [3.8, 4) is 6.01 Å². The molecule has 12 heavy (non-hydrogen) atoms. The first-order chi connectivity index (χ1) is 5.79. The molecule has 1 aromatic heterocycles. The Bertz CT molecular complexity index is 312. The molecule has 2 heterocycles. The summed E-state index contributed by atoms with van der Waals surface area (Å²) in [5.74, 6) is 0. The van der Waals surface area contributed by atoms with Crippen molar-refractivity contribution in [1.29, 1.82) is 0 Å². The number of aromatic nitrogens is 2. The van der Waals surface area contributed by atoms with Gasteiger partial charge in [-0.2, -0.15) is 7.94 Å². The van der Waals surface area contributed by atoms with Crippen LogP contribution >= 0.6 is 20.1 Å². The molecule has 0 N–H and O–H groups in total. The first kappa shape index (κ1) is 8.00. The van der Waals surface area contributed by atoms with Crippen LogP contribution in [0.3, 0.4) is 0 Å². The molecule has 0 atom stereocenters. The third-order valence-electron chi connectivity index (χ3n) is 0.979. The molecule has 0 aromatic carbocycles. The number of nitrogens with zero attached hydrogens (tertiary/aromatic N) is 2. The predicted octanol–water partition coefficient (Wildman–Crippen LogP) is 1.57. The molecule has 0 bridgehead atoms. The summed E-state index contributed by atoms with van der Waals surface area (Å²) in [6.07, 6.45) is 2.92. The van der Waals surface area contributed by atoms with Crippen LogP contribution in [0.15, 0.2) is 18.5 Å². The molecule has 1 aromatic rings. The summed E-state index contributed by atoms with van der Waals surface area (Å²) >= 11 is 0.620. The average Bonchev–Trinajstić information content (AvgIpc) is 2.04. The minimum Gasteiger partial charge on any atom is -0.367 e. The Balaban J connectivity index is 2.09. The fraction of sp³-hybridized carbons (Fsp3) is 0. The van der Waals surface area contributed by atoms with Gasteiger partial charge in [0.15, 0.2) is 12.3 Å². The van der Waals surface area contributed by atoms with E-state index >= 15 is 0 Å². The third kappa shape index (κ3) is 1.59. The average molecular weight is 206 g/mol. The molecular weight excluding hydrogens is 203 g/mol. The van der Waals surface area contributed by atoms with Crippen LogP contribution in [0.5, 0.6) is 6.01 Å². The van der Waals surface area contributed by atoms with Gasteiger partial charge >= 0.3 is 13.8 Å². The van der Waals surface area contributed by atoms with Crippen LogP contribution in [0.25, 0.3) is 0 Å². The van der Waals surface area contributed by atoms with Crippen molar-refractivity contribution in [2.75, 3.05) is 0 Å². The minimum absolute atomic E-state index is 0.0267. The van der Waals surface area contributed by atoms with Gasteiger partial charge in [-0.1, -0.05) is 0 Å². The van der Waals surface area contributed by atoms with E-state index in [1.165, 1.54) is 12.4 Å². The van der Waals surface area contributed by atoms with Crippen molar-refractivity contribution in [1.82, 2.24) is 9.97 Å². The van der Waals surface area contributed by atoms with Crippen LogP contribution in [-0.4, -0.2) is 9.97 Å². The van der Waals surface area contributed by atoms with E-state index < -0.39 is 7.82 Å². The van der Waals surface area contributed by atoms with E-state index in [0.29, 0.717) is 12.3 Å². The summed E-state index contributed by atoms with van der Waals surface area (Å²) in [7, 11) is -3.38. The lowest BCUT2D eigenvalue weighted by atomic mass is 10.7. The maximum absolute atomic E-state index is 11.1. The SMILES string of the molecule is O=P1(Oc2ncccn2)OSO1. The molecule has 0 unspecified atom stereocenters. The zero-order chi connectivity index (χ0) is 8.44. The summed E-state index contributed by atoms with van der Waals surface area (Å²) in [6, 6.07) is 1.58. The highest BCUT2D eigenvalue weighted by Crippen LogP contribution is 2.64. The predicted molar refractivity (Wildman–Crippen MR) is 40.0 cm³/mol. The van der Waals surface area contributed by atoms with Gasteiger partial charge in [0, 0.05) is 12.4 Å². The normalized spacial score (nSPS) is 19.7. The molecule has 1 fully saturated rings. The largest absolute Gasteiger partial charge is 0.559 e. The number of hydrogen-bond donors (Lipinski definition) is 0. The van der Waals surface area contributed by atoms with Gasteiger partial charge in [0.05, 0.1) is 0 Å². The summed E-state index contributed by atoms with van der Waals surface area (Å²) < 4.78 is 24.7. The van der Waals surface area contributed by atoms with Crippen LogP contribution in [0.1, 0.15) is 0 Å². The smallest absolute Gasteiger partial charge is 0.367 e. The van der Waals surface area contributed by atoms with Gasteiger partial charge in [-0.05, 0) is 6.07 Å². The van der Waals surface area contributed by atoms with E-state index in [-0.39, 0.29) is 6.01 Å². The van der Waals surface area contributed by atoms with Crippen LogP contribution in [0, 0.1) is 0 Å². The van der Waals surface area contributed by atoms with E-state index in [2.05, 4.69) is 17.9 Å². The monoisotopic (exact) mass is 206 g/mol. The zero-order valence-corrected chi connectivity index (χ0v) is 7.33. The molecule has 1 aliphatic rings. The molecule has 0 saturated carbocycles. The molecule has 1 saturated heterocycles. The second kappa shape index (κ2) is 3.02. The lowest BCUT2D eigenvalue weighted by Crippen LogP contribution is -2.04. The van der Waals surface area contributed by atoms with Gasteiger partial charge in [-0.3, -0.25) is 0 Å². The van der Waals surface area contributed by atoms with Crippen molar-refractivity contribution in [2.45, 2.75) is 0 Å². The Morgan fingerprint density at radius 3 is 2.58 bits per heavy atom. The number of phosphoric acid groups is 1. The van der Waals surface area contributed by atoms with E-state index in [1.807, 2.05) is 0 Å². The van der Waals surface area contributed by atoms with Gasteiger partial charge in [0.25, 0.3) is 0 Å². The Kier molecular flexibility index (Phi) is 2.02. The Morgan fingerprint density at radius 2 is 2.08 bits per heavy atom. The molecule has 1 aliphatic heterocycles. The van der Waals surface area contributed by atoms with Crippen molar-refractivity contribution in [3.05, 3.63) is 18.5 Å². The second-order valence-electron chi connectivity index (χ2n) is 1.79. The van der Waals surface area contributed by atoms with Crippen molar-refractivity contribution in [2.24, 2.45) is 0 Å². The lowest BCUT2D eigenvalue weighted by Gasteiger charge is -2.20. The fourth-order valence-corrected chi connectivity index (χ4v) is 1.72. The Labute approximate surface area is 72.3 Å². The van der Waals surface area contributed by atoms with Crippen LogP contribution < -0.4 is 4.52 Å². The lowest BCUT2D eigenvalue weighted by molar-refractivity contribution is 0.269. The van der Waals surface area contributed by atoms with Gasteiger partial charge in [0.2, 0.25) is 0 Å². The molecule has 2 rings (SSSR count). The topological polar surface area (TPSA) is 70.5 Å². The highest BCUT2D eigenvalue weighted by molar-refractivity contribution is 8.02. The summed E-state index contributed by atoms with van der Waals surface area (Å²) in [5.41, 5.74) is 0. The highest BCUT2D eigenvalue weighted by Gasteiger charge is 2.41. The van der Waals surface area contributed by atoms with Gasteiger partial charge < -0.3 is 4.52 Å². The third-order valence-corrected chi connectivity index (χ3v) is 3.31. The Hall–Kier alpha value is -0.620. The summed E-state index contributed by atoms with van der Waals surface area (Å²) in [6.45, 7) is 0.